The van der Waals surface area contributed by atoms with Crippen molar-refractivity contribution in [3.8, 4) is 0 Å². The number of ether oxygens (including phenoxy) is 2. The standard InChI is InChI=1S/C15H25ClN2O2/c1-12(17)15(13-5-4-6-14(16)11-13)18(7-9-19-2)8-10-20-3/h4-6,11-12,15H,7-10,17H2,1-3H3. The van der Waals surface area contributed by atoms with Crippen molar-refractivity contribution in [1.29, 1.82) is 0 Å². The van der Waals surface area contributed by atoms with E-state index in [0.29, 0.717) is 13.2 Å². The molecule has 114 valence electrons. The van der Waals surface area contributed by atoms with Gasteiger partial charge in [-0.25, -0.2) is 0 Å². The van der Waals surface area contributed by atoms with Crippen molar-refractivity contribution < 1.29 is 9.47 Å². The molecule has 0 bridgehead atoms. The van der Waals surface area contributed by atoms with Gasteiger partial charge in [-0.05, 0) is 24.6 Å². The maximum atomic E-state index is 6.20. The van der Waals surface area contributed by atoms with Gasteiger partial charge >= 0.3 is 0 Å². The Balaban J connectivity index is 2.93. The normalized spacial score (nSPS) is 14.5. The van der Waals surface area contributed by atoms with Gasteiger partial charge in [-0.2, -0.15) is 0 Å². The van der Waals surface area contributed by atoms with Crippen molar-refractivity contribution in [1.82, 2.24) is 4.90 Å². The molecule has 0 spiro atoms. The Morgan fingerprint density at radius 1 is 1.20 bits per heavy atom. The highest BCUT2D eigenvalue weighted by Gasteiger charge is 2.23. The smallest absolute Gasteiger partial charge is 0.0589 e. The van der Waals surface area contributed by atoms with Crippen LogP contribution in [0.1, 0.15) is 18.5 Å². The van der Waals surface area contributed by atoms with Crippen LogP contribution in [0.2, 0.25) is 5.02 Å². The Morgan fingerprint density at radius 2 is 1.80 bits per heavy atom. The predicted octanol–water partition coefficient (Wildman–Crippen LogP) is 2.32. The summed E-state index contributed by atoms with van der Waals surface area (Å²) in [6.07, 6.45) is 0. The van der Waals surface area contributed by atoms with E-state index in [1.165, 1.54) is 0 Å². The number of methoxy groups -OCH3 is 2. The van der Waals surface area contributed by atoms with Crippen LogP contribution in [0, 0.1) is 0 Å². The van der Waals surface area contributed by atoms with Crippen molar-refractivity contribution in [3.05, 3.63) is 34.9 Å². The fourth-order valence-electron chi connectivity index (χ4n) is 2.34. The molecule has 2 atom stereocenters. The van der Waals surface area contributed by atoms with Gasteiger partial charge in [-0.1, -0.05) is 23.7 Å². The van der Waals surface area contributed by atoms with E-state index < -0.39 is 0 Å². The number of benzene rings is 1. The first-order chi connectivity index (χ1) is 9.60. The van der Waals surface area contributed by atoms with E-state index >= 15 is 0 Å². The summed E-state index contributed by atoms with van der Waals surface area (Å²) < 4.78 is 10.4. The highest BCUT2D eigenvalue weighted by atomic mass is 35.5. The fourth-order valence-corrected chi connectivity index (χ4v) is 2.54. The third-order valence-corrected chi connectivity index (χ3v) is 3.48. The Kier molecular flexibility index (Phi) is 8.11. The average molecular weight is 301 g/mol. The van der Waals surface area contributed by atoms with Crippen LogP contribution in [-0.2, 0) is 9.47 Å². The SMILES string of the molecule is COCCN(CCOC)C(c1cccc(Cl)c1)C(C)N. The third kappa shape index (κ3) is 5.38. The molecule has 1 aromatic rings. The Labute approximate surface area is 126 Å². The predicted molar refractivity (Wildman–Crippen MR) is 83.2 cm³/mol. The minimum atomic E-state index is -0.0119. The molecular formula is C15H25ClN2O2. The van der Waals surface area contributed by atoms with Gasteiger partial charge in [0.15, 0.2) is 0 Å². The third-order valence-electron chi connectivity index (χ3n) is 3.25. The van der Waals surface area contributed by atoms with Gasteiger partial charge in [0.25, 0.3) is 0 Å². The zero-order chi connectivity index (χ0) is 15.0. The first kappa shape index (κ1) is 17.4. The molecular weight excluding hydrogens is 276 g/mol. The van der Waals surface area contributed by atoms with Crippen molar-refractivity contribution in [3.63, 3.8) is 0 Å². The molecule has 0 aliphatic rings. The van der Waals surface area contributed by atoms with Crippen molar-refractivity contribution >= 4 is 11.6 Å². The van der Waals surface area contributed by atoms with Gasteiger partial charge in [0.1, 0.15) is 0 Å². The number of hydrogen-bond donors (Lipinski definition) is 1. The maximum absolute atomic E-state index is 6.20. The van der Waals surface area contributed by atoms with Crippen LogP contribution in [0.4, 0.5) is 0 Å². The molecule has 1 rings (SSSR count). The zero-order valence-corrected chi connectivity index (χ0v) is 13.3. The lowest BCUT2D eigenvalue weighted by molar-refractivity contribution is 0.0801. The van der Waals surface area contributed by atoms with Crippen molar-refractivity contribution in [2.45, 2.75) is 19.0 Å². The van der Waals surface area contributed by atoms with E-state index in [1.807, 2.05) is 25.1 Å². The molecule has 4 nitrogen and oxygen atoms in total. The summed E-state index contributed by atoms with van der Waals surface area (Å²) in [5.74, 6) is 0. The molecule has 0 aliphatic carbocycles. The van der Waals surface area contributed by atoms with Gasteiger partial charge in [0.05, 0.1) is 13.2 Å². The molecule has 0 aliphatic heterocycles. The molecule has 20 heavy (non-hydrogen) atoms. The Morgan fingerprint density at radius 3 is 2.25 bits per heavy atom. The molecule has 0 radical (unpaired) electrons. The Hall–Kier alpha value is -0.650. The lowest BCUT2D eigenvalue weighted by atomic mass is 9.99. The van der Waals surface area contributed by atoms with E-state index in [-0.39, 0.29) is 12.1 Å². The molecule has 5 heteroatoms. The van der Waals surface area contributed by atoms with Gasteiger partial charge in [0, 0.05) is 44.4 Å². The molecule has 0 heterocycles. The van der Waals surface area contributed by atoms with Crippen LogP contribution in [0.5, 0.6) is 0 Å². The van der Waals surface area contributed by atoms with Crippen LogP contribution in [0.25, 0.3) is 0 Å². The van der Waals surface area contributed by atoms with Crippen LogP contribution in [0.3, 0.4) is 0 Å². The number of hydrogen-bond acceptors (Lipinski definition) is 4. The summed E-state index contributed by atoms with van der Waals surface area (Å²) in [6.45, 7) is 4.94. The first-order valence-corrected chi connectivity index (χ1v) is 7.21. The summed E-state index contributed by atoms with van der Waals surface area (Å²) in [4.78, 5) is 2.28. The van der Waals surface area contributed by atoms with Gasteiger partial charge < -0.3 is 15.2 Å². The van der Waals surface area contributed by atoms with Gasteiger partial charge in [-0.15, -0.1) is 0 Å². The monoisotopic (exact) mass is 300 g/mol. The van der Waals surface area contributed by atoms with Crippen LogP contribution < -0.4 is 5.73 Å². The summed E-state index contributed by atoms with van der Waals surface area (Å²) in [6, 6.07) is 7.95. The molecule has 0 aromatic heterocycles. The molecule has 0 fully saturated rings. The quantitative estimate of drug-likeness (QED) is 0.760. The molecule has 2 N–H and O–H groups in total. The van der Waals surface area contributed by atoms with Crippen LogP contribution in [0.15, 0.2) is 24.3 Å². The molecule has 0 amide bonds. The minimum absolute atomic E-state index is 0.0119. The summed E-state index contributed by atoms with van der Waals surface area (Å²) in [5, 5.41) is 0.728. The fraction of sp³-hybridized carbons (Fsp3) is 0.600. The van der Waals surface area contributed by atoms with Crippen LogP contribution >= 0.6 is 11.6 Å². The van der Waals surface area contributed by atoms with E-state index in [0.717, 1.165) is 23.7 Å². The van der Waals surface area contributed by atoms with Crippen molar-refractivity contribution in [2.24, 2.45) is 5.73 Å². The van der Waals surface area contributed by atoms with Crippen LogP contribution in [-0.4, -0.2) is 51.5 Å². The number of nitrogens with two attached hydrogens (primary N) is 1. The number of nitrogens with zero attached hydrogens (tertiary/aromatic N) is 1. The second-order valence-corrected chi connectivity index (χ2v) is 5.32. The van der Waals surface area contributed by atoms with E-state index in [4.69, 9.17) is 26.8 Å². The van der Waals surface area contributed by atoms with Gasteiger partial charge in [-0.3, -0.25) is 4.90 Å². The number of rotatable bonds is 9. The molecule has 2 unspecified atom stereocenters. The minimum Gasteiger partial charge on any atom is -0.383 e. The summed E-state index contributed by atoms with van der Waals surface area (Å²) in [5.41, 5.74) is 7.32. The lowest BCUT2D eigenvalue weighted by Crippen LogP contribution is -2.42. The Bertz CT molecular complexity index is 380. The number of halogens is 1. The largest absolute Gasteiger partial charge is 0.383 e. The van der Waals surface area contributed by atoms with E-state index in [9.17, 15) is 0 Å². The molecule has 0 saturated heterocycles. The topological polar surface area (TPSA) is 47.7 Å². The first-order valence-electron chi connectivity index (χ1n) is 6.83. The molecule has 1 aromatic carbocycles. The van der Waals surface area contributed by atoms with E-state index in [1.54, 1.807) is 14.2 Å². The van der Waals surface area contributed by atoms with E-state index in [2.05, 4.69) is 11.0 Å². The second kappa shape index (κ2) is 9.32. The zero-order valence-electron chi connectivity index (χ0n) is 12.5. The maximum Gasteiger partial charge on any atom is 0.0589 e. The highest BCUT2D eigenvalue weighted by molar-refractivity contribution is 6.30. The second-order valence-electron chi connectivity index (χ2n) is 4.88. The lowest BCUT2D eigenvalue weighted by Gasteiger charge is -2.34. The van der Waals surface area contributed by atoms with Gasteiger partial charge in [0.2, 0.25) is 0 Å². The highest BCUT2D eigenvalue weighted by Crippen LogP contribution is 2.25. The molecule has 0 saturated carbocycles. The average Bonchev–Trinajstić information content (AvgIpc) is 2.41. The summed E-state index contributed by atoms with van der Waals surface area (Å²) >= 11 is 6.10. The summed E-state index contributed by atoms with van der Waals surface area (Å²) in [7, 11) is 3.41. The van der Waals surface area contributed by atoms with Crippen molar-refractivity contribution in [2.75, 3.05) is 40.5 Å².